The largest absolute Gasteiger partial charge is 0.481 e. The van der Waals surface area contributed by atoms with E-state index in [0.29, 0.717) is 0 Å². The van der Waals surface area contributed by atoms with Crippen LogP contribution >= 0.6 is 11.3 Å². The predicted octanol–water partition coefficient (Wildman–Crippen LogP) is 0.813. The van der Waals surface area contributed by atoms with Crippen LogP contribution in [-0.4, -0.2) is 39.9 Å². The Bertz CT molecular complexity index is 491. The highest BCUT2D eigenvalue weighted by atomic mass is 32.1. The molecule has 0 aliphatic carbocycles. The maximum absolute atomic E-state index is 11.8. The van der Waals surface area contributed by atoms with Crippen molar-refractivity contribution in [1.82, 2.24) is 4.90 Å². The monoisotopic (exact) mass is 256 g/mol. The van der Waals surface area contributed by atoms with Crippen LogP contribution in [0.3, 0.4) is 0 Å². The molecule has 1 fully saturated rings. The van der Waals surface area contributed by atoms with Crippen molar-refractivity contribution in [2.45, 2.75) is 0 Å². The molecule has 2 heterocycles. The van der Waals surface area contributed by atoms with Gasteiger partial charge in [0.25, 0.3) is 5.91 Å². The first kappa shape index (κ1) is 11.5. The smallest absolute Gasteiger partial charge is 0.324 e. The molecule has 0 spiro atoms. The van der Waals surface area contributed by atoms with Crippen molar-refractivity contribution in [3.8, 4) is 0 Å². The van der Waals surface area contributed by atoms with E-state index in [-0.39, 0.29) is 28.9 Å². The van der Waals surface area contributed by atoms with Gasteiger partial charge in [-0.2, -0.15) is 0 Å². The fourth-order valence-corrected chi connectivity index (χ4v) is 2.29. The first-order valence-corrected chi connectivity index (χ1v) is 5.57. The van der Waals surface area contributed by atoms with Crippen LogP contribution in [0.25, 0.3) is 0 Å². The zero-order valence-electron chi connectivity index (χ0n) is 8.53. The van der Waals surface area contributed by atoms with Gasteiger partial charge in [-0.25, -0.2) is 0 Å². The third-order valence-electron chi connectivity index (χ3n) is 2.50. The molecule has 17 heavy (non-hydrogen) atoms. The molecule has 1 aromatic heterocycles. The summed E-state index contributed by atoms with van der Waals surface area (Å²) in [7, 11) is 0. The van der Waals surface area contributed by atoms with Gasteiger partial charge in [-0.1, -0.05) is 11.3 Å². The molecule has 1 amide bonds. The number of amides is 1. The van der Waals surface area contributed by atoms with E-state index in [4.69, 9.17) is 5.11 Å². The van der Waals surface area contributed by atoms with Crippen molar-refractivity contribution >= 4 is 28.2 Å². The summed E-state index contributed by atoms with van der Waals surface area (Å²) < 4.78 is 0. The van der Waals surface area contributed by atoms with Gasteiger partial charge in [-0.3, -0.25) is 19.7 Å². The SMILES string of the molecule is O=C(O)C1CN(C(=O)c2ccc([N+](=O)[O-])s2)C1. The average molecular weight is 256 g/mol. The number of aliphatic carboxylic acids is 1. The zero-order valence-corrected chi connectivity index (χ0v) is 9.35. The molecule has 7 nitrogen and oxygen atoms in total. The number of rotatable bonds is 3. The minimum absolute atomic E-state index is 0.0938. The Hall–Kier alpha value is -1.96. The van der Waals surface area contributed by atoms with Crippen LogP contribution in [0.4, 0.5) is 5.00 Å². The number of carbonyl (C=O) groups excluding carboxylic acids is 1. The van der Waals surface area contributed by atoms with Crippen molar-refractivity contribution < 1.29 is 19.6 Å². The molecule has 1 saturated heterocycles. The lowest BCUT2D eigenvalue weighted by molar-refractivity contribution is -0.380. The minimum atomic E-state index is -0.925. The third kappa shape index (κ3) is 2.11. The summed E-state index contributed by atoms with van der Waals surface area (Å²) in [5, 5.41) is 19.0. The summed E-state index contributed by atoms with van der Waals surface area (Å²) in [5.74, 6) is -1.79. The second-order valence-corrected chi connectivity index (χ2v) is 4.70. The first-order valence-electron chi connectivity index (χ1n) is 4.75. The normalized spacial score (nSPS) is 15.4. The van der Waals surface area contributed by atoms with Crippen molar-refractivity contribution in [1.29, 1.82) is 0 Å². The lowest BCUT2D eigenvalue weighted by Crippen LogP contribution is -2.52. The summed E-state index contributed by atoms with van der Waals surface area (Å²) in [5.41, 5.74) is 0. The van der Waals surface area contributed by atoms with Crippen LogP contribution in [0.15, 0.2) is 12.1 Å². The number of hydrogen-bond donors (Lipinski definition) is 1. The molecule has 0 aromatic carbocycles. The molecule has 90 valence electrons. The van der Waals surface area contributed by atoms with E-state index < -0.39 is 16.8 Å². The van der Waals surface area contributed by atoms with Crippen LogP contribution in [0.5, 0.6) is 0 Å². The van der Waals surface area contributed by atoms with E-state index in [0.717, 1.165) is 11.3 Å². The Morgan fingerprint density at radius 1 is 1.47 bits per heavy atom. The molecule has 0 bridgehead atoms. The third-order valence-corrected chi connectivity index (χ3v) is 3.53. The molecule has 1 aliphatic rings. The summed E-state index contributed by atoms with van der Waals surface area (Å²) in [4.78, 5) is 33.8. The number of nitro groups is 1. The van der Waals surface area contributed by atoms with Gasteiger partial charge in [0, 0.05) is 19.2 Å². The second kappa shape index (κ2) is 4.13. The van der Waals surface area contributed by atoms with Gasteiger partial charge < -0.3 is 10.0 Å². The van der Waals surface area contributed by atoms with E-state index in [1.165, 1.54) is 17.0 Å². The number of thiophene rings is 1. The zero-order chi connectivity index (χ0) is 12.6. The lowest BCUT2D eigenvalue weighted by Gasteiger charge is -2.36. The number of hydrogen-bond acceptors (Lipinski definition) is 5. The standard InChI is InChI=1S/C9H8N2O5S/c12-8(10-3-5(4-10)9(13)14)6-1-2-7(17-6)11(15)16/h1-2,5H,3-4H2,(H,13,14). The fraction of sp³-hybridized carbons (Fsp3) is 0.333. The quantitative estimate of drug-likeness (QED) is 0.637. The van der Waals surface area contributed by atoms with E-state index in [9.17, 15) is 19.7 Å². The maximum Gasteiger partial charge on any atom is 0.324 e. The number of carboxylic acids is 1. The molecular formula is C9H8N2O5S. The Balaban J connectivity index is 2.01. The Morgan fingerprint density at radius 3 is 2.59 bits per heavy atom. The second-order valence-electron chi connectivity index (χ2n) is 3.64. The van der Waals surface area contributed by atoms with Crippen LogP contribution in [0.2, 0.25) is 0 Å². The Kier molecular flexibility index (Phi) is 2.80. The first-order chi connectivity index (χ1) is 7.99. The van der Waals surface area contributed by atoms with Crippen LogP contribution < -0.4 is 0 Å². The number of carboxylic acid groups (broad SMARTS) is 1. The van der Waals surface area contributed by atoms with Crippen LogP contribution in [0.1, 0.15) is 9.67 Å². The van der Waals surface area contributed by atoms with E-state index in [2.05, 4.69) is 0 Å². The van der Waals surface area contributed by atoms with Gasteiger partial charge in [0.2, 0.25) is 0 Å². The molecular weight excluding hydrogens is 248 g/mol. The predicted molar refractivity (Wildman–Crippen MR) is 58.0 cm³/mol. The summed E-state index contributed by atoms with van der Waals surface area (Å²) in [6.45, 7) is 0.333. The van der Waals surface area contributed by atoms with Crippen molar-refractivity contribution in [2.24, 2.45) is 5.92 Å². The highest BCUT2D eigenvalue weighted by Crippen LogP contribution is 2.27. The number of nitrogens with zero attached hydrogens (tertiary/aromatic N) is 2. The molecule has 1 N–H and O–H groups in total. The summed E-state index contributed by atoms with van der Waals surface area (Å²) >= 11 is 0.799. The average Bonchev–Trinajstić information content (AvgIpc) is 2.62. The molecule has 8 heteroatoms. The van der Waals surface area contributed by atoms with E-state index >= 15 is 0 Å². The van der Waals surface area contributed by atoms with Gasteiger partial charge in [-0.05, 0) is 6.07 Å². The molecule has 2 rings (SSSR count). The molecule has 0 unspecified atom stereocenters. The molecule has 0 saturated carbocycles. The van der Waals surface area contributed by atoms with Gasteiger partial charge in [0.05, 0.1) is 15.7 Å². The highest BCUT2D eigenvalue weighted by Gasteiger charge is 2.36. The molecule has 1 aromatic rings. The lowest BCUT2D eigenvalue weighted by atomic mass is 10.0. The number of carbonyl (C=O) groups is 2. The highest BCUT2D eigenvalue weighted by molar-refractivity contribution is 7.17. The van der Waals surface area contributed by atoms with Gasteiger partial charge in [-0.15, -0.1) is 0 Å². The minimum Gasteiger partial charge on any atom is -0.481 e. The van der Waals surface area contributed by atoms with Crippen LogP contribution in [0, 0.1) is 16.0 Å². The summed E-state index contributed by atoms with van der Waals surface area (Å²) in [6.07, 6.45) is 0. The van der Waals surface area contributed by atoms with Crippen LogP contribution in [-0.2, 0) is 4.79 Å². The molecule has 0 radical (unpaired) electrons. The summed E-state index contributed by atoms with van der Waals surface area (Å²) in [6, 6.07) is 2.66. The molecule has 1 aliphatic heterocycles. The van der Waals surface area contributed by atoms with Gasteiger partial charge in [0.15, 0.2) is 0 Å². The molecule has 0 atom stereocenters. The maximum atomic E-state index is 11.8. The number of likely N-dealkylation sites (tertiary alicyclic amines) is 1. The van der Waals surface area contributed by atoms with Crippen molar-refractivity contribution in [2.75, 3.05) is 13.1 Å². The van der Waals surface area contributed by atoms with Crippen molar-refractivity contribution in [3.05, 3.63) is 27.1 Å². The fourth-order valence-electron chi connectivity index (χ4n) is 1.50. The van der Waals surface area contributed by atoms with Gasteiger partial charge in [0.1, 0.15) is 0 Å². The Morgan fingerprint density at radius 2 is 2.12 bits per heavy atom. The topological polar surface area (TPSA) is 101 Å². The van der Waals surface area contributed by atoms with Crippen molar-refractivity contribution in [3.63, 3.8) is 0 Å². The Labute approximate surface area is 99.4 Å². The van der Waals surface area contributed by atoms with E-state index in [1.54, 1.807) is 0 Å². The van der Waals surface area contributed by atoms with Gasteiger partial charge >= 0.3 is 11.0 Å². The van der Waals surface area contributed by atoms with E-state index in [1.807, 2.05) is 0 Å².